The van der Waals surface area contributed by atoms with E-state index in [4.69, 9.17) is 21.1 Å². The lowest BCUT2D eigenvalue weighted by molar-refractivity contribution is 0.0524. The Hall–Kier alpha value is -1.29. The molecule has 88 valence electrons. The Bertz CT molecular complexity index is 393. The Morgan fingerprint density at radius 2 is 2.19 bits per heavy atom. The van der Waals surface area contributed by atoms with Crippen LogP contribution in [-0.4, -0.2) is 19.7 Å². The fraction of sp³-hybridized carbons (Fsp3) is 0.364. The molecule has 1 rings (SSSR count). The van der Waals surface area contributed by atoms with Crippen LogP contribution in [0.25, 0.3) is 0 Å². The van der Waals surface area contributed by atoms with Crippen molar-refractivity contribution in [2.24, 2.45) is 0 Å². The Morgan fingerprint density at radius 1 is 1.50 bits per heavy atom. The van der Waals surface area contributed by atoms with Crippen LogP contribution in [0.2, 0.25) is 0 Å². The summed E-state index contributed by atoms with van der Waals surface area (Å²) in [5.41, 5.74) is 0.231. The zero-order valence-corrected chi connectivity index (χ0v) is 9.81. The first-order valence-electron chi connectivity index (χ1n) is 4.73. The van der Waals surface area contributed by atoms with Gasteiger partial charge < -0.3 is 9.47 Å². The number of alkyl halides is 1. The van der Waals surface area contributed by atoms with E-state index in [1.54, 1.807) is 6.92 Å². The van der Waals surface area contributed by atoms with Crippen LogP contribution < -0.4 is 4.74 Å². The van der Waals surface area contributed by atoms with Crippen molar-refractivity contribution in [2.75, 3.05) is 13.7 Å². The van der Waals surface area contributed by atoms with Gasteiger partial charge in [0.25, 0.3) is 0 Å². The van der Waals surface area contributed by atoms with Crippen molar-refractivity contribution >= 4 is 17.6 Å². The number of benzene rings is 1. The zero-order chi connectivity index (χ0) is 12.1. The van der Waals surface area contributed by atoms with Gasteiger partial charge in [0.05, 0.1) is 25.2 Å². The lowest BCUT2D eigenvalue weighted by Crippen LogP contribution is -2.09. The van der Waals surface area contributed by atoms with Crippen molar-refractivity contribution in [3.63, 3.8) is 0 Å². The van der Waals surface area contributed by atoms with E-state index in [2.05, 4.69) is 0 Å². The summed E-state index contributed by atoms with van der Waals surface area (Å²) in [6.45, 7) is 1.90. The maximum absolute atomic E-state index is 13.5. The summed E-state index contributed by atoms with van der Waals surface area (Å²) in [4.78, 5) is 11.5. The summed E-state index contributed by atoms with van der Waals surface area (Å²) in [6, 6.07) is 2.60. The molecule has 1 aromatic rings. The third-order valence-electron chi connectivity index (χ3n) is 2.03. The highest BCUT2D eigenvalue weighted by atomic mass is 35.5. The second kappa shape index (κ2) is 5.70. The quantitative estimate of drug-likeness (QED) is 0.605. The molecule has 0 fully saturated rings. The second-order valence-electron chi connectivity index (χ2n) is 2.99. The number of halogens is 2. The van der Waals surface area contributed by atoms with Gasteiger partial charge in [-0.2, -0.15) is 0 Å². The normalized spacial score (nSPS) is 10.0. The van der Waals surface area contributed by atoms with Crippen molar-refractivity contribution < 1.29 is 18.7 Å². The Morgan fingerprint density at radius 3 is 2.69 bits per heavy atom. The topological polar surface area (TPSA) is 35.5 Å². The highest BCUT2D eigenvalue weighted by Gasteiger charge is 2.17. The molecule has 0 radical (unpaired) electrons. The first-order valence-corrected chi connectivity index (χ1v) is 5.27. The molecule has 0 aliphatic heterocycles. The Kier molecular flexibility index (Phi) is 4.55. The fourth-order valence-corrected chi connectivity index (χ4v) is 1.53. The molecule has 5 heteroatoms. The van der Waals surface area contributed by atoms with Gasteiger partial charge in [-0.25, -0.2) is 9.18 Å². The van der Waals surface area contributed by atoms with Crippen LogP contribution in [0.5, 0.6) is 5.75 Å². The number of ether oxygens (including phenoxy) is 2. The van der Waals surface area contributed by atoms with Crippen molar-refractivity contribution in [2.45, 2.75) is 12.8 Å². The van der Waals surface area contributed by atoms with E-state index in [-0.39, 0.29) is 29.4 Å². The summed E-state index contributed by atoms with van der Waals surface area (Å²) < 4.78 is 23.2. The molecule has 0 saturated heterocycles. The molecule has 1 aromatic carbocycles. The molecule has 0 heterocycles. The number of hydrogen-bond acceptors (Lipinski definition) is 3. The number of carbonyl (C=O) groups excluding carboxylic acids is 1. The number of carbonyl (C=O) groups is 1. The van der Waals surface area contributed by atoms with Gasteiger partial charge in [0.2, 0.25) is 0 Å². The second-order valence-corrected chi connectivity index (χ2v) is 3.26. The highest BCUT2D eigenvalue weighted by molar-refractivity contribution is 6.17. The molecule has 0 N–H and O–H groups in total. The molecule has 0 aromatic heterocycles. The average Bonchev–Trinajstić information content (AvgIpc) is 2.28. The van der Waals surface area contributed by atoms with Crippen LogP contribution in [0, 0.1) is 5.82 Å². The summed E-state index contributed by atoms with van der Waals surface area (Å²) in [5.74, 6) is -1.01. The smallest absolute Gasteiger partial charge is 0.338 e. The van der Waals surface area contributed by atoms with E-state index in [1.807, 2.05) is 0 Å². The lowest BCUT2D eigenvalue weighted by atomic mass is 10.1. The fourth-order valence-electron chi connectivity index (χ4n) is 1.26. The molecule has 0 amide bonds. The van der Waals surface area contributed by atoms with Crippen LogP contribution in [0.3, 0.4) is 0 Å². The van der Waals surface area contributed by atoms with Crippen LogP contribution >= 0.6 is 11.6 Å². The van der Waals surface area contributed by atoms with E-state index >= 15 is 0 Å². The van der Waals surface area contributed by atoms with E-state index in [0.717, 1.165) is 0 Å². The SMILES string of the molecule is CCOC(=O)c1cc(OC)cc(F)c1CCl. The molecule has 0 unspecified atom stereocenters. The molecule has 0 bridgehead atoms. The Labute approximate surface area is 98.1 Å². The largest absolute Gasteiger partial charge is 0.497 e. The van der Waals surface area contributed by atoms with Crippen molar-refractivity contribution in [1.82, 2.24) is 0 Å². The predicted octanol–water partition coefficient (Wildman–Crippen LogP) is 2.75. The van der Waals surface area contributed by atoms with Crippen molar-refractivity contribution in [3.05, 3.63) is 29.1 Å². The van der Waals surface area contributed by atoms with E-state index in [9.17, 15) is 9.18 Å². The number of hydrogen-bond donors (Lipinski definition) is 0. The predicted molar refractivity (Wildman–Crippen MR) is 58.5 cm³/mol. The van der Waals surface area contributed by atoms with Crippen LogP contribution in [-0.2, 0) is 10.6 Å². The summed E-state index contributed by atoms with van der Waals surface area (Å²) in [5, 5.41) is 0. The van der Waals surface area contributed by atoms with Gasteiger partial charge in [0.1, 0.15) is 11.6 Å². The number of methoxy groups -OCH3 is 1. The monoisotopic (exact) mass is 246 g/mol. The molecular weight excluding hydrogens is 235 g/mol. The zero-order valence-electron chi connectivity index (χ0n) is 9.05. The molecule has 0 spiro atoms. The van der Waals surface area contributed by atoms with E-state index in [1.165, 1.54) is 19.2 Å². The van der Waals surface area contributed by atoms with E-state index in [0.29, 0.717) is 0 Å². The van der Waals surface area contributed by atoms with Crippen LogP contribution in [0.1, 0.15) is 22.8 Å². The maximum atomic E-state index is 13.5. The van der Waals surface area contributed by atoms with Gasteiger partial charge in [-0.1, -0.05) is 0 Å². The van der Waals surface area contributed by atoms with Crippen LogP contribution in [0.15, 0.2) is 12.1 Å². The first kappa shape index (κ1) is 12.8. The van der Waals surface area contributed by atoms with Crippen LogP contribution in [0.4, 0.5) is 4.39 Å². The summed E-state index contributed by atoms with van der Waals surface area (Å²) in [7, 11) is 1.39. The molecule has 0 aliphatic rings. The minimum Gasteiger partial charge on any atom is -0.497 e. The van der Waals surface area contributed by atoms with Crippen molar-refractivity contribution in [1.29, 1.82) is 0 Å². The molecule has 16 heavy (non-hydrogen) atoms. The van der Waals surface area contributed by atoms with Gasteiger partial charge in [0, 0.05) is 11.6 Å². The van der Waals surface area contributed by atoms with Gasteiger partial charge in [0.15, 0.2) is 0 Å². The lowest BCUT2D eigenvalue weighted by Gasteiger charge is -2.09. The first-order chi connectivity index (χ1) is 7.63. The summed E-state index contributed by atoms with van der Waals surface area (Å²) >= 11 is 5.59. The average molecular weight is 247 g/mol. The third-order valence-corrected chi connectivity index (χ3v) is 2.30. The maximum Gasteiger partial charge on any atom is 0.338 e. The minimum absolute atomic E-state index is 0.0933. The third kappa shape index (κ3) is 2.64. The van der Waals surface area contributed by atoms with Gasteiger partial charge in [-0.05, 0) is 13.0 Å². The molecule has 0 aliphatic carbocycles. The Balaban J connectivity index is 3.22. The molecule has 0 atom stereocenters. The van der Waals surface area contributed by atoms with Gasteiger partial charge >= 0.3 is 5.97 Å². The van der Waals surface area contributed by atoms with Gasteiger partial charge in [-0.15, -0.1) is 11.6 Å². The van der Waals surface area contributed by atoms with Crippen molar-refractivity contribution in [3.8, 4) is 5.75 Å². The van der Waals surface area contributed by atoms with E-state index < -0.39 is 11.8 Å². The summed E-state index contributed by atoms with van der Waals surface area (Å²) in [6.07, 6.45) is 0. The number of esters is 1. The minimum atomic E-state index is -0.601. The number of rotatable bonds is 4. The molecule has 0 saturated carbocycles. The standard InChI is InChI=1S/C11H12ClFO3/c1-3-16-11(14)8-4-7(15-2)5-10(13)9(8)6-12/h4-5H,3,6H2,1-2H3. The molecule has 3 nitrogen and oxygen atoms in total. The molecular formula is C11H12ClFO3. The van der Waals surface area contributed by atoms with Gasteiger partial charge in [-0.3, -0.25) is 0 Å². The highest BCUT2D eigenvalue weighted by Crippen LogP contribution is 2.23.